The van der Waals surface area contributed by atoms with Crippen LogP contribution >= 0.6 is 0 Å². The summed E-state index contributed by atoms with van der Waals surface area (Å²) >= 11 is 0. The van der Waals surface area contributed by atoms with E-state index in [9.17, 15) is 0 Å². The first-order chi connectivity index (χ1) is 17.9. The van der Waals surface area contributed by atoms with Gasteiger partial charge in [-0.05, 0) is 65.4 Å². The highest BCUT2D eigenvalue weighted by Gasteiger charge is 2.19. The molecule has 3 aromatic heterocycles. The lowest BCUT2D eigenvalue weighted by atomic mass is 10.1. The first-order valence-electron chi connectivity index (χ1n) is 12.2. The van der Waals surface area contributed by atoms with Crippen molar-refractivity contribution >= 4 is 54.4 Å². The van der Waals surface area contributed by atoms with E-state index in [-0.39, 0.29) is 0 Å². The van der Waals surface area contributed by atoms with Gasteiger partial charge in [0.15, 0.2) is 0 Å². The van der Waals surface area contributed by atoms with Crippen molar-refractivity contribution in [3.8, 4) is 11.5 Å². The van der Waals surface area contributed by atoms with Gasteiger partial charge in [0.2, 0.25) is 0 Å². The number of nitrogens with zero attached hydrogens (tertiary/aromatic N) is 3. The average Bonchev–Trinajstić information content (AvgIpc) is 3.43. The second-order valence-electron chi connectivity index (χ2n) is 9.31. The van der Waals surface area contributed by atoms with Gasteiger partial charge in [0.25, 0.3) is 0 Å². The van der Waals surface area contributed by atoms with Crippen LogP contribution in [0.1, 0.15) is 0 Å². The molecule has 3 nitrogen and oxygen atoms in total. The largest absolute Gasteiger partial charge is 0.309 e. The van der Waals surface area contributed by atoms with E-state index in [0.717, 1.165) is 5.82 Å². The minimum absolute atomic E-state index is 0.930. The molecule has 5 aromatic carbocycles. The van der Waals surface area contributed by atoms with E-state index in [2.05, 4.69) is 124 Å². The van der Waals surface area contributed by atoms with E-state index in [0.29, 0.717) is 0 Å². The molecular formula is C33H21N3. The maximum absolute atomic E-state index is 4.75. The van der Waals surface area contributed by atoms with E-state index in [4.69, 9.17) is 4.98 Å². The summed E-state index contributed by atoms with van der Waals surface area (Å²) in [5.74, 6) is 0.930. The van der Waals surface area contributed by atoms with Gasteiger partial charge in [-0.15, -0.1) is 0 Å². The number of hydrogen-bond donors (Lipinski definition) is 0. The van der Waals surface area contributed by atoms with E-state index in [1.54, 1.807) is 0 Å². The topological polar surface area (TPSA) is 22.8 Å². The highest BCUT2D eigenvalue weighted by molar-refractivity contribution is 6.20. The molecule has 8 aromatic rings. The van der Waals surface area contributed by atoms with Gasteiger partial charge in [-0.25, -0.2) is 4.98 Å². The molecular weight excluding hydrogens is 438 g/mol. The van der Waals surface area contributed by atoms with Crippen LogP contribution in [-0.2, 0) is 0 Å². The van der Waals surface area contributed by atoms with E-state index in [1.807, 2.05) is 12.3 Å². The third-order valence-corrected chi connectivity index (χ3v) is 7.32. The van der Waals surface area contributed by atoms with E-state index < -0.39 is 0 Å². The van der Waals surface area contributed by atoms with Crippen molar-refractivity contribution in [1.29, 1.82) is 0 Å². The van der Waals surface area contributed by atoms with Gasteiger partial charge in [-0.2, -0.15) is 0 Å². The molecule has 168 valence electrons. The zero-order valence-electron chi connectivity index (χ0n) is 19.5. The smallest absolute Gasteiger partial charge is 0.137 e. The molecule has 0 spiro atoms. The summed E-state index contributed by atoms with van der Waals surface area (Å²) < 4.78 is 4.69. The van der Waals surface area contributed by atoms with Crippen molar-refractivity contribution in [3.05, 3.63) is 128 Å². The molecule has 0 aliphatic rings. The maximum atomic E-state index is 4.75. The third-order valence-electron chi connectivity index (χ3n) is 7.32. The molecule has 0 radical (unpaired) electrons. The zero-order valence-corrected chi connectivity index (χ0v) is 19.5. The Morgan fingerprint density at radius 3 is 1.83 bits per heavy atom. The van der Waals surface area contributed by atoms with Crippen LogP contribution in [0.15, 0.2) is 128 Å². The predicted octanol–water partition coefficient (Wildman–Crippen LogP) is 8.43. The number of para-hydroxylation sites is 2. The van der Waals surface area contributed by atoms with Crippen molar-refractivity contribution in [2.24, 2.45) is 0 Å². The number of rotatable bonds is 2. The normalized spacial score (nSPS) is 11.9. The number of fused-ring (bicyclic) bond motifs is 7. The van der Waals surface area contributed by atoms with Crippen LogP contribution in [0.25, 0.3) is 65.9 Å². The fraction of sp³-hybridized carbons (Fsp3) is 0. The van der Waals surface area contributed by atoms with Crippen LogP contribution in [-0.4, -0.2) is 14.1 Å². The molecule has 0 amide bonds. The van der Waals surface area contributed by atoms with Crippen molar-refractivity contribution in [3.63, 3.8) is 0 Å². The quantitative estimate of drug-likeness (QED) is 0.254. The number of aromatic nitrogens is 3. The molecule has 0 N–H and O–H groups in total. The van der Waals surface area contributed by atoms with Crippen LogP contribution in [0.3, 0.4) is 0 Å². The molecule has 0 bridgehead atoms. The monoisotopic (exact) mass is 459 g/mol. The molecule has 3 heterocycles. The molecule has 0 fully saturated rings. The van der Waals surface area contributed by atoms with Crippen molar-refractivity contribution in [1.82, 2.24) is 14.1 Å². The van der Waals surface area contributed by atoms with Gasteiger partial charge in [0.1, 0.15) is 5.82 Å². The Morgan fingerprint density at radius 1 is 0.417 bits per heavy atom. The van der Waals surface area contributed by atoms with Crippen LogP contribution in [0.2, 0.25) is 0 Å². The lowest BCUT2D eigenvalue weighted by Crippen LogP contribution is -1.96. The van der Waals surface area contributed by atoms with Crippen LogP contribution in [0.5, 0.6) is 0 Å². The first kappa shape index (κ1) is 19.4. The average molecular weight is 460 g/mol. The van der Waals surface area contributed by atoms with E-state index >= 15 is 0 Å². The van der Waals surface area contributed by atoms with Crippen molar-refractivity contribution in [2.75, 3.05) is 0 Å². The highest BCUT2D eigenvalue weighted by atomic mass is 15.1. The summed E-state index contributed by atoms with van der Waals surface area (Å²) in [6, 6.07) is 43.4. The van der Waals surface area contributed by atoms with Gasteiger partial charge < -0.3 is 4.57 Å². The molecule has 8 rings (SSSR count). The second kappa shape index (κ2) is 7.30. The molecule has 0 unspecified atom stereocenters. The Kier molecular flexibility index (Phi) is 3.94. The predicted molar refractivity (Wildman–Crippen MR) is 150 cm³/mol. The van der Waals surface area contributed by atoms with Crippen LogP contribution in [0, 0.1) is 0 Å². The van der Waals surface area contributed by atoms with Gasteiger partial charge in [-0.3, -0.25) is 4.57 Å². The van der Waals surface area contributed by atoms with Crippen LogP contribution in [0.4, 0.5) is 0 Å². The SMILES string of the molecule is c1ccc(-n2c3ccccc3c3cc4c(cc32)c2cc3ccccc3cc2n4-c2ccccn2)cc1. The number of pyridine rings is 1. The van der Waals surface area contributed by atoms with Gasteiger partial charge in [0, 0.05) is 33.4 Å². The Morgan fingerprint density at radius 2 is 1.03 bits per heavy atom. The summed E-state index contributed by atoms with van der Waals surface area (Å²) in [4.78, 5) is 4.75. The zero-order chi connectivity index (χ0) is 23.6. The van der Waals surface area contributed by atoms with Gasteiger partial charge in [0.05, 0.1) is 22.1 Å². The number of benzene rings is 5. The maximum Gasteiger partial charge on any atom is 0.137 e. The van der Waals surface area contributed by atoms with Gasteiger partial charge >= 0.3 is 0 Å². The summed E-state index contributed by atoms with van der Waals surface area (Å²) in [5.41, 5.74) is 5.93. The molecule has 0 aliphatic carbocycles. The molecule has 3 heteroatoms. The minimum Gasteiger partial charge on any atom is -0.309 e. The lowest BCUT2D eigenvalue weighted by Gasteiger charge is -2.08. The van der Waals surface area contributed by atoms with Gasteiger partial charge in [-0.1, -0.05) is 66.7 Å². The summed E-state index contributed by atoms with van der Waals surface area (Å²) in [7, 11) is 0. The Hall–Kier alpha value is -4.89. The standard InChI is InChI=1S/C33H21N3/c1-2-12-24(13-3-1)35-29-15-7-6-14-25(29)27-20-32-28(21-31(27)35)26-18-22-10-4-5-11-23(22)19-30(26)36(32)33-16-8-9-17-34-33/h1-21H. The van der Waals surface area contributed by atoms with Crippen LogP contribution < -0.4 is 0 Å². The molecule has 0 saturated carbocycles. The third kappa shape index (κ3) is 2.65. The summed E-state index contributed by atoms with van der Waals surface area (Å²) in [6.07, 6.45) is 1.87. The van der Waals surface area contributed by atoms with Crippen molar-refractivity contribution in [2.45, 2.75) is 0 Å². The second-order valence-corrected chi connectivity index (χ2v) is 9.31. The molecule has 0 atom stereocenters. The first-order valence-corrected chi connectivity index (χ1v) is 12.2. The summed E-state index contributed by atoms with van der Waals surface area (Å²) in [5, 5.41) is 7.44. The Labute approximate surface area is 207 Å². The van der Waals surface area contributed by atoms with Crippen molar-refractivity contribution < 1.29 is 0 Å². The lowest BCUT2D eigenvalue weighted by molar-refractivity contribution is 1.08. The highest BCUT2D eigenvalue weighted by Crippen LogP contribution is 2.40. The van der Waals surface area contributed by atoms with E-state index in [1.165, 1.54) is 60.1 Å². The fourth-order valence-electron chi connectivity index (χ4n) is 5.75. The Bertz CT molecular complexity index is 2080. The Balaban J connectivity index is 1.61. The molecule has 0 aliphatic heterocycles. The minimum atomic E-state index is 0.930. The number of hydrogen-bond acceptors (Lipinski definition) is 1. The summed E-state index contributed by atoms with van der Waals surface area (Å²) in [6.45, 7) is 0. The molecule has 36 heavy (non-hydrogen) atoms. The fourth-order valence-corrected chi connectivity index (χ4v) is 5.75. The molecule has 0 saturated heterocycles.